The lowest BCUT2D eigenvalue weighted by Crippen LogP contribution is -2.72. The van der Waals surface area contributed by atoms with Gasteiger partial charge in [0.2, 0.25) is 5.91 Å². The summed E-state index contributed by atoms with van der Waals surface area (Å²) < 4.78 is 5.86. The topological polar surface area (TPSA) is 118 Å². The van der Waals surface area contributed by atoms with E-state index in [0.29, 0.717) is 30.3 Å². The number of nitrogens with one attached hydrogen (secondary N) is 3. The van der Waals surface area contributed by atoms with Crippen molar-refractivity contribution in [2.24, 2.45) is 35.1 Å². The third-order valence-corrected chi connectivity index (χ3v) is 8.10. The van der Waals surface area contributed by atoms with E-state index in [9.17, 15) is 4.79 Å². The number of ether oxygens (including phenoxy) is 1. The minimum atomic E-state index is -0.289. The second kappa shape index (κ2) is 10.4. The smallest absolute Gasteiger partial charge is 0.224 e. The molecule has 0 radical (unpaired) electrons. The average Bonchev–Trinajstić information content (AvgIpc) is 2.73. The Morgan fingerprint density at radius 3 is 2.61 bits per heavy atom. The lowest BCUT2D eigenvalue weighted by Gasteiger charge is -2.48. The molecule has 3 rings (SSSR count). The maximum atomic E-state index is 12.2. The first-order valence-corrected chi connectivity index (χ1v) is 12.2. The number of nitrogens with zero attached hydrogens (tertiary/aromatic N) is 1. The first-order valence-electron chi connectivity index (χ1n) is 12.2. The van der Waals surface area contributed by atoms with Crippen LogP contribution in [0.15, 0.2) is 0 Å². The molecule has 0 aromatic heterocycles. The van der Waals surface area contributed by atoms with Crippen LogP contribution in [0, 0.1) is 23.7 Å². The zero-order valence-corrected chi connectivity index (χ0v) is 20.2. The van der Waals surface area contributed by atoms with Crippen molar-refractivity contribution in [1.29, 1.82) is 0 Å². The Morgan fingerprint density at radius 1 is 1.26 bits per heavy atom. The molecule has 1 amide bonds. The first kappa shape index (κ1) is 24.9. The summed E-state index contributed by atoms with van der Waals surface area (Å²) >= 11 is 0. The maximum Gasteiger partial charge on any atom is 0.224 e. The molecule has 0 aromatic rings. The van der Waals surface area contributed by atoms with Crippen molar-refractivity contribution in [1.82, 2.24) is 20.9 Å². The van der Waals surface area contributed by atoms with Gasteiger partial charge in [-0.05, 0) is 63.7 Å². The highest BCUT2D eigenvalue weighted by Gasteiger charge is 2.42. The average molecular weight is 439 g/mol. The van der Waals surface area contributed by atoms with Crippen LogP contribution in [0.1, 0.15) is 59.8 Å². The molecule has 8 heteroatoms. The fraction of sp³-hybridized carbons (Fsp3) is 0.957. The van der Waals surface area contributed by atoms with Crippen molar-refractivity contribution in [3.05, 3.63) is 0 Å². The molecule has 0 aromatic carbocycles. The van der Waals surface area contributed by atoms with Gasteiger partial charge in [0.25, 0.3) is 0 Å². The van der Waals surface area contributed by atoms with E-state index in [1.807, 2.05) is 7.11 Å². The van der Waals surface area contributed by atoms with Crippen LogP contribution in [0.5, 0.6) is 0 Å². The van der Waals surface area contributed by atoms with E-state index in [1.54, 1.807) is 0 Å². The largest absolute Gasteiger partial charge is 0.379 e. The lowest BCUT2D eigenvalue weighted by atomic mass is 9.68. The second-order valence-electron chi connectivity index (χ2n) is 10.9. The minimum absolute atomic E-state index is 0.00940. The third-order valence-electron chi connectivity index (χ3n) is 8.10. The Hall–Kier alpha value is -0.770. The SMILES string of the molecule is COC(C)(C)C1CC(NC2NC(N3CCC[C@H](N)C3)NCC2C(N)=O)CC(C(C)C)C1. The van der Waals surface area contributed by atoms with Crippen LogP contribution in [0.3, 0.4) is 0 Å². The van der Waals surface area contributed by atoms with E-state index in [2.05, 4.69) is 48.5 Å². The summed E-state index contributed by atoms with van der Waals surface area (Å²) in [5.41, 5.74) is 11.8. The molecular weight excluding hydrogens is 392 g/mol. The van der Waals surface area contributed by atoms with Gasteiger partial charge in [0, 0.05) is 38.8 Å². The van der Waals surface area contributed by atoms with Gasteiger partial charge in [0.15, 0.2) is 0 Å². The highest BCUT2D eigenvalue weighted by molar-refractivity contribution is 5.77. The Kier molecular flexibility index (Phi) is 8.38. The molecule has 2 aliphatic heterocycles. The van der Waals surface area contributed by atoms with Gasteiger partial charge in [0.1, 0.15) is 6.29 Å². The molecule has 2 saturated heterocycles. The van der Waals surface area contributed by atoms with E-state index in [1.165, 1.54) is 6.42 Å². The monoisotopic (exact) mass is 438 g/mol. The number of amides is 1. The van der Waals surface area contributed by atoms with Crippen LogP contribution in [-0.2, 0) is 9.53 Å². The van der Waals surface area contributed by atoms with Crippen molar-refractivity contribution in [3.8, 4) is 0 Å². The van der Waals surface area contributed by atoms with Crippen molar-refractivity contribution in [2.75, 3.05) is 26.7 Å². The molecule has 180 valence electrons. The standard InChI is InChI=1S/C23H46N6O2/c1-14(2)15-9-16(23(3,4)31-5)11-18(10-15)27-21-19(20(25)30)12-26-22(28-21)29-8-6-7-17(24)13-29/h14-19,21-22,26-28H,6-13,24H2,1-5H3,(H2,25,30)/t15?,16?,17-,18?,19?,21?,22?/m0/s1. The maximum absolute atomic E-state index is 12.2. The van der Waals surface area contributed by atoms with Crippen LogP contribution in [0.2, 0.25) is 0 Å². The Balaban J connectivity index is 1.71. The van der Waals surface area contributed by atoms with Gasteiger partial charge in [-0.25, -0.2) is 0 Å². The molecule has 1 aliphatic carbocycles. The fourth-order valence-corrected chi connectivity index (χ4v) is 5.67. The summed E-state index contributed by atoms with van der Waals surface area (Å²) in [6, 6.07) is 0.530. The highest BCUT2D eigenvalue weighted by atomic mass is 16.5. The number of hydrogen-bond acceptors (Lipinski definition) is 7. The zero-order valence-electron chi connectivity index (χ0n) is 20.2. The third kappa shape index (κ3) is 6.18. The number of nitrogens with two attached hydrogens (primary N) is 2. The normalized spacial score (nSPS) is 38.4. The molecular formula is C23H46N6O2. The molecule has 7 atom stereocenters. The number of piperidine rings is 1. The van der Waals surface area contributed by atoms with E-state index in [-0.39, 0.29) is 35.9 Å². The minimum Gasteiger partial charge on any atom is -0.379 e. The summed E-state index contributed by atoms with van der Waals surface area (Å²) in [6.07, 6.45) is 5.38. The summed E-state index contributed by atoms with van der Waals surface area (Å²) in [5, 5.41) is 10.9. The molecule has 0 spiro atoms. The Bertz CT molecular complexity index is 601. The summed E-state index contributed by atoms with van der Waals surface area (Å²) in [4.78, 5) is 14.6. The number of carbonyl (C=O) groups is 1. The number of methoxy groups -OCH3 is 1. The van der Waals surface area contributed by atoms with Crippen LogP contribution < -0.4 is 27.4 Å². The Morgan fingerprint density at radius 2 is 2.00 bits per heavy atom. The molecule has 0 bridgehead atoms. The van der Waals surface area contributed by atoms with E-state index < -0.39 is 0 Å². The summed E-state index contributed by atoms with van der Waals surface area (Å²) in [7, 11) is 1.81. The van der Waals surface area contributed by atoms with Gasteiger partial charge in [-0.1, -0.05) is 13.8 Å². The first-order chi connectivity index (χ1) is 14.6. The van der Waals surface area contributed by atoms with Gasteiger partial charge in [-0.15, -0.1) is 0 Å². The van der Waals surface area contributed by atoms with Gasteiger partial charge in [-0.2, -0.15) is 0 Å². The van der Waals surface area contributed by atoms with Gasteiger partial charge in [0.05, 0.1) is 17.7 Å². The van der Waals surface area contributed by atoms with Crippen LogP contribution >= 0.6 is 0 Å². The predicted molar refractivity (Wildman–Crippen MR) is 124 cm³/mol. The molecule has 1 saturated carbocycles. The van der Waals surface area contributed by atoms with Crippen LogP contribution in [0.4, 0.5) is 0 Å². The quantitative estimate of drug-likeness (QED) is 0.398. The van der Waals surface area contributed by atoms with E-state index >= 15 is 0 Å². The van der Waals surface area contributed by atoms with Gasteiger partial charge in [-0.3, -0.25) is 25.6 Å². The number of rotatable bonds is 7. The second-order valence-corrected chi connectivity index (χ2v) is 10.9. The van der Waals surface area contributed by atoms with E-state index in [0.717, 1.165) is 38.8 Å². The van der Waals surface area contributed by atoms with Crippen molar-refractivity contribution < 1.29 is 9.53 Å². The van der Waals surface area contributed by atoms with Gasteiger partial charge >= 0.3 is 0 Å². The van der Waals surface area contributed by atoms with Crippen molar-refractivity contribution in [3.63, 3.8) is 0 Å². The van der Waals surface area contributed by atoms with E-state index in [4.69, 9.17) is 16.2 Å². The number of carbonyl (C=O) groups excluding carboxylic acids is 1. The zero-order chi connectivity index (χ0) is 22.8. The Labute approximate surface area is 188 Å². The molecule has 31 heavy (non-hydrogen) atoms. The van der Waals surface area contributed by atoms with Crippen molar-refractivity contribution >= 4 is 5.91 Å². The van der Waals surface area contributed by atoms with Crippen LogP contribution in [0.25, 0.3) is 0 Å². The molecule has 3 fully saturated rings. The fourth-order valence-electron chi connectivity index (χ4n) is 5.67. The summed E-state index contributed by atoms with van der Waals surface area (Å²) in [5.74, 6) is 1.17. The molecule has 8 nitrogen and oxygen atoms in total. The molecule has 6 unspecified atom stereocenters. The number of likely N-dealkylation sites (tertiary alicyclic amines) is 1. The molecule has 7 N–H and O–H groups in total. The highest BCUT2D eigenvalue weighted by Crippen LogP contribution is 2.40. The van der Waals surface area contributed by atoms with Crippen LogP contribution in [-0.4, -0.2) is 67.7 Å². The lowest BCUT2D eigenvalue weighted by molar-refractivity contribution is -0.125. The molecule has 3 aliphatic rings. The predicted octanol–water partition coefficient (Wildman–Crippen LogP) is 0.769. The molecule has 2 heterocycles. The number of hydrogen-bond donors (Lipinski definition) is 5. The van der Waals surface area contributed by atoms with Crippen molar-refractivity contribution in [2.45, 2.75) is 89.9 Å². The number of primary amides is 1. The summed E-state index contributed by atoms with van der Waals surface area (Å²) in [6.45, 7) is 11.5. The van der Waals surface area contributed by atoms with Gasteiger partial charge < -0.3 is 16.2 Å².